The van der Waals surface area contributed by atoms with Crippen molar-refractivity contribution in [1.82, 2.24) is 9.78 Å². The molecule has 1 aliphatic rings. The van der Waals surface area contributed by atoms with Crippen molar-refractivity contribution in [1.29, 1.82) is 0 Å². The van der Waals surface area contributed by atoms with Gasteiger partial charge in [0.1, 0.15) is 0 Å². The second kappa shape index (κ2) is 4.02. The summed E-state index contributed by atoms with van der Waals surface area (Å²) in [5, 5.41) is 4.41. The summed E-state index contributed by atoms with van der Waals surface area (Å²) >= 11 is 0. The van der Waals surface area contributed by atoms with E-state index in [0.29, 0.717) is 0 Å². The lowest BCUT2D eigenvalue weighted by Crippen LogP contribution is -2.35. The predicted molar refractivity (Wildman–Crippen MR) is 66.4 cm³/mol. The fraction of sp³-hybridized carbons (Fsp3) is 0.538. The Hall–Kier alpha value is -1.58. The van der Waals surface area contributed by atoms with Crippen LogP contribution in [0, 0.1) is 12.3 Å². The third-order valence-corrected chi connectivity index (χ3v) is 3.64. The molecule has 0 fully saturated rings. The number of carbonyl (C=O) groups excluding carboxylic acids is 1. The Balaban J connectivity index is 2.43. The number of aryl methyl sites for hydroxylation is 2. The molecule has 1 unspecified atom stereocenters. The zero-order chi connectivity index (χ0) is 12.6. The van der Waals surface area contributed by atoms with E-state index in [1.807, 2.05) is 20.2 Å². The largest absolute Gasteiger partial charge is 0.369 e. The van der Waals surface area contributed by atoms with Crippen molar-refractivity contribution in [2.75, 3.05) is 0 Å². The van der Waals surface area contributed by atoms with Crippen molar-refractivity contribution in [3.05, 3.63) is 29.6 Å². The van der Waals surface area contributed by atoms with Crippen LogP contribution in [-0.2, 0) is 11.8 Å². The van der Waals surface area contributed by atoms with Gasteiger partial charge in [0.25, 0.3) is 0 Å². The summed E-state index contributed by atoms with van der Waals surface area (Å²) in [7, 11) is 1.86. The molecule has 0 radical (unpaired) electrons. The minimum atomic E-state index is -0.307. The topological polar surface area (TPSA) is 60.9 Å². The van der Waals surface area contributed by atoms with E-state index in [2.05, 4.69) is 24.2 Å². The third kappa shape index (κ3) is 1.99. The molecule has 0 bridgehead atoms. The molecule has 0 saturated carbocycles. The predicted octanol–water partition coefficient (Wildman–Crippen LogP) is 1.65. The number of rotatable bonds is 3. The number of hydrogen-bond donors (Lipinski definition) is 1. The van der Waals surface area contributed by atoms with Gasteiger partial charge in [0, 0.05) is 13.2 Å². The Kier molecular flexibility index (Phi) is 2.81. The molecule has 1 heterocycles. The normalized spacial score (nSPS) is 19.5. The Morgan fingerprint density at radius 1 is 1.53 bits per heavy atom. The van der Waals surface area contributed by atoms with Gasteiger partial charge in [0.15, 0.2) is 0 Å². The molecular weight excluding hydrogens is 214 g/mol. The van der Waals surface area contributed by atoms with Crippen LogP contribution in [0.25, 0.3) is 0 Å². The number of nitrogens with two attached hydrogens (primary N) is 1. The highest BCUT2D eigenvalue weighted by atomic mass is 16.1. The van der Waals surface area contributed by atoms with Crippen molar-refractivity contribution in [3.63, 3.8) is 0 Å². The fourth-order valence-electron chi connectivity index (χ4n) is 2.74. The first kappa shape index (κ1) is 11.9. The van der Waals surface area contributed by atoms with Crippen LogP contribution >= 0.6 is 0 Å². The lowest BCUT2D eigenvalue weighted by atomic mass is 9.72. The molecule has 92 valence electrons. The maximum absolute atomic E-state index is 11.8. The van der Waals surface area contributed by atoms with Gasteiger partial charge in [0.05, 0.1) is 11.6 Å². The maximum atomic E-state index is 11.8. The fourth-order valence-corrected chi connectivity index (χ4v) is 2.74. The first-order valence-electron chi connectivity index (χ1n) is 5.88. The summed E-state index contributed by atoms with van der Waals surface area (Å²) < 4.78 is 1.74. The van der Waals surface area contributed by atoms with Crippen molar-refractivity contribution in [3.8, 4) is 0 Å². The van der Waals surface area contributed by atoms with Gasteiger partial charge in [-0.05, 0) is 30.7 Å². The summed E-state index contributed by atoms with van der Waals surface area (Å²) in [4.78, 5) is 11.8. The van der Waals surface area contributed by atoms with Crippen LogP contribution < -0.4 is 5.73 Å². The van der Waals surface area contributed by atoms with Gasteiger partial charge in [0.2, 0.25) is 5.91 Å². The van der Waals surface area contributed by atoms with Crippen molar-refractivity contribution in [2.24, 2.45) is 18.2 Å². The van der Waals surface area contributed by atoms with Crippen LogP contribution in [0.5, 0.6) is 0 Å². The molecule has 1 aliphatic carbocycles. The van der Waals surface area contributed by atoms with Crippen molar-refractivity contribution < 1.29 is 4.79 Å². The minimum Gasteiger partial charge on any atom is -0.369 e. The SMILES string of the molecule is Cc1cn(C)nc1C(C(N)=O)C1(C)CC=CC1. The zero-order valence-electron chi connectivity index (χ0n) is 10.6. The molecule has 4 nitrogen and oxygen atoms in total. The van der Waals surface area contributed by atoms with Gasteiger partial charge < -0.3 is 5.73 Å². The van der Waals surface area contributed by atoms with E-state index in [1.165, 1.54) is 0 Å². The second-order valence-corrected chi connectivity index (χ2v) is 5.24. The highest BCUT2D eigenvalue weighted by molar-refractivity contribution is 5.83. The summed E-state index contributed by atoms with van der Waals surface area (Å²) in [6.45, 7) is 4.08. The van der Waals surface area contributed by atoms with E-state index in [0.717, 1.165) is 24.1 Å². The lowest BCUT2D eigenvalue weighted by molar-refractivity contribution is -0.122. The highest BCUT2D eigenvalue weighted by Crippen LogP contribution is 2.45. The minimum absolute atomic E-state index is 0.120. The van der Waals surface area contributed by atoms with Gasteiger partial charge in [-0.15, -0.1) is 0 Å². The average Bonchev–Trinajstić information content (AvgIpc) is 2.75. The van der Waals surface area contributed by atoms with Crippen LogP contribution in [0.1, 0.15) is 36.9 Å². The number of amides is 1. The molecule has 4 heteroatoms. The molecule has 17 heavy (non-hydrogen) atoms. The van der Waals surface area contributed by atoms with Crippen LogP contribution in [-0.4, -0.2) is 15.7 Å². The van der Waals surface area contributed by atoms with Gasteiger partial charge >= 0.3 is 0 Å². The molecule has 0 spiro atoms. The number of hydrogen-bond acceptors (Lipinski definition) is 2. The number of aromatic nitrogens is 2. The molecule has 2 rings (SSSR count). The first-order chi connectivity index (χ1) is 7.94. The van der Waals surface area contributed by atoms with Crippen LogP contribution in [0.3, 0.4) is 0 Å². The van der Waals surface area contributed by atoms with E-state index >= 15 is 0 Å². The summed E-state index contributed by atoms with van der Waals surface area (Å²) in [5.41, 5.74) is 7.33. The number of primary amides is 1. The van der Waals surface area contributed by atoms with E-state index in [-0.39, 0.29) is 17.2 Å². The van der Waals surface area contributed by atoms with Crippen LogP contribution in [0.4, 0.5) is 0 Å². The molecule has 0 saturated heterocycles. The van der Waals surface area contributed by atoms with Crippen LogP contribution in [0.2, 0.25) is 0 Å². The van der Waals surface area contributed by atoms with Gasteiger partial charge in [-0.2, -0.15) is 5.10 Å². The first-order valence-corrected chi connectivity index (χ1v) is 5.88. The molecule has 1 amide bonds. The maximum Gasteiger partial charge on any atom is 0.227 e. The third-order valence-electron chi connectivity index (χ3n) is 3.64. The van der Waals surface area contributed by atoms with E-state index < -0.39 is 0 Å². The van der Waals surface area contributed by atoms with E-state index in [4.69, 9.17) is 5.73 Å². The van der Waals surface area contributed by atoms with E-state index in [1.54, 1.807) is 4.68 Å². The Morgan fingerprint density at radius 3 is 2.53 bits per heavy atom. The lowest BCUT2D eigenvalue weighted by Gasteiger charge is -2.31. The molecule has 2 N–H and O–H groups in total. The number of nitrogens with zero attached hydrogens (tertiary/aromatic N) is 2. The Bertz CT molecular complexity index is 465. The average molecular weight is 233 g/mol. The van der Waals surface area contributed by atoms with Gasteiger partial charge in [-0.3, -0.25) is 9.48 Å². The van der Waals surface area contributed by atoms with Gasteiger partial charge in [-0.25, -0.2) is 0 Å². The van der Waals surface area contributed by atoms with Crippen molar-refractivity contribution in [2.45, 2.75) is 32.6 Å². The summed E-state index contributed by atoms with van der Waals surface area (Å²) in [5.74, 6) is -0.586. The molecule has 0 aliphatic heterocycles. The molecule has 1 aromatic heterocycles. The summed E-state index contributed by atoms with van der Waals surface area (Å²) in [6.07, 6.45) is 7.94. The summed E-state index contributed by atoms with van der Waals surface area (Å²) in [6, 6.07) is 0. The standard InChI is InChI=1S/C13H19N3O/c1-9-8-16(3)15-11(9)10(12(14)17)13(2)6-4-5-7-13/h4-5,8,10H,6-7H2,1-3H3,(H2,14,17). The molecule has 1 aromatic rings. The molecule has 1 atom stereocenters. The highest BCUT2D eigenvalue weighted by Gasteiger charge is 2.41. The molecule has 0 aromatic carbocycles. The second-order valence-electron chi connectivity index (χ2n) is 5.24. The Labute approximate surface area is 101 Å². The molecular formula is C13H19N3O. The zero-order valence-corrected chi connectivity index (χ0v) is 10.6. The quantitative estimate of drug-likeness (QED) is 0.807. The van der Waals surface area contributed by atoms with Crippen LogP contribution in [0.15, 0.2) is 18.3 Å². The van der Waals surface area contributed by atoms with Crippen molar-refractivity contribution >= 4 is 5.91 Å². The smallest absolute Gasteiger partial charge is 0.227 e. The number of allylic oxidation sites excluding steroid dienone is 2. The van der Waals surface area contributed by atoms with Gasteiger partial charge in [-0.1, -0.05) is 19.1 Å². The van der Waals surface area contributed by atoms with E-state index in [9.17, 15) is 4.79 Å². The Morgan fingerprint density at radius 2 is 2.12 bits per heavy atom. The number of carbonyl (C=O) groups is 1. The monoisotopic (exact) mass is 233 g/mol.